The fourth-order valence-corrected chi connectivity index (χ4v) is 3.16. The Hall–Kier alpha value is -2.25. The van der Waals surface area contributed by atoms with Crippen molar-refractivity contribution in [3.8, 4) is 0 Å². The Morgan fingerprint density at radius 2 is 2.04 bits per heavy atom. The van der Waals surface area contributed by atoms with Crippen molar-refractivity contribution >= 4 is 22.3 Å². The molecule has 2 aromatic rings. The number of hydrogen-bond donors (Lipinski definition) is 1. The number of nitrogens with zero attached hydrogens (tertiary/aromatic N) is 4. The maximum Gasteiger partial charge on any atom is 0.278 e. The molecule has 2 heterocycles. The van der Waals surface area contributed by atoms with Gasteiger partial charge < -0.3 is 10.2 Å². The van der Waals surface area contributed by atoms with Crippen LogP contribution in [-0.4, -0.2) is 65.5 Å². The molecule has 1 aromatic carbocycles. The highest BCUT2D eigenvalue weighted by molar-refractivity contribution is 5.96. The summed E-state index contributed by atoms with van der Waals surface area (Å²) in [7, 11) is 2.15. The summed E-state index contributed by atoms with van der Waals surface area (Å²) in [5.41, 5.74) is 1.59. The zero-order valence-corrected chi connectivity index (χ0v) is 14.1. The van der Waals surface area contributed by atoms with E-state index in [9.17, 15) is 10.1 Å². The van der Waals surface area contributed by atoms with E-state index in [1.54, 1.807) is 30.5 Å². The van der Waals surface area contributed by atoms with Gasteiger partial charge in [-0.1, -0.05) is 0 Å². The summed E-state index contributed by atoms with van der Waals surface area (Å²) >= 11 is 0. The lowest BCUT2D eigenvalue weighted by Gasteiger charge is -2.34. The van der Waals surface area contributed by atoms with E-state index in [4.69, 9.17) is 0 Å². The molecule has 1 fully saturated rings. The zero-order chi connectivity index (χ0) is 17.1. The molecule has 1 saturated heterocycles. The van der Waals surface area contributed by atoms with E-state index < -0.39 is 0 Å². The molecule has 7 nitrogen and oxygen atoms in total. The summed E-state index contributed by atoms with van der Waals surface area (Å²) in [5.74, 6) is 0. The Bertz CT molecular complexity index is 728. The van der Waals surface area contributed by atoms with Gasteiger partial charge in [0.25, 0.3) is 5.69 Å². The SMILES string of the molecule is CC(CN1CCN(C)CC1)Nc1ccc([N+](=O)[O-])c2cccnc12. The van der Waals surface area contributed by atoms with Crippen molar-refractivity contribution in [2.45, 2.75) is 13.0 Å². The van der Waals surface area contributed by atoms with Crippen molar-refractivity contribution in [1.29, 1.82) is 0 Å². The highest BCUT2D eigenvalue weighted by atomic mass is 16.6. The fraction of sp³-hybridized carbons (Fsp3) is 0.471. The number of fused-ring (bicyclic) bond motifs is 1. The summed E-state index contributed by atoms with van der Waals surface area (Å²) < 4.78 is 0. The van der Waals surface area contributed by atoms with Crippen molar-refractivity contribution in [2.24, 2.45) is 0 Å². The van der Waals surface area contributed by atoms with Crippen LogP contribution in [0, 0.1) is 10.1 Å². The molecule has 1 aliphatic heterocycles. The smallest absolute Gasteiger partial charge is 0.278 e. The molecule has 1 atom stereocenters. The van der Waals surface area contributed by atoms with Crippen molar-refractivity contribution < 1.29 is 4.92 Å². The van der Waals surface area contributed by atoms with Crippen LogP contribution < -0.4 is 5.32 Å². The molecular weight excluding hydrogens is 306 g/mol. The minimum absolute atomic E-state index is 0.0929. The molecule has 1 N–H and O–H groups in total. The predicted molar refractivity (Wildman–Crippen MR) is 95.4 cm³/mol. The van der Waals surface area contributed by atoms with Gasteiger partial charge in [0.15, 0.2) is 0 Å². The van der Waals surface area contributed by atoms with Gasteiger partial charge >= 0.3 is 0 Å². The van der Waals surface area contributed by atoms with E-state index in [-0.39, 0.29) is 16.7 Å². The molecule has 3 rings (SSSR count). The monoisotopic (exact) mass is 329 g/mol. The molecule has 0 amide bonds. The molecule has 1 aromatic heterocycles. The number of hydrogen-bond acceptors (Lipinski definition) is 6. The number of nitro groups is 1. The molecule has 7 heteroatoms. The number of nitro benzene ring substituents is 1. The fourth-order valence-electron chi connectivity index (χ4n) is 3.16. The third-order valence-electron chi connectivity index (χ3n) is 4.47. The molecule has 0 spiro atoms. The summed E-state index contributed by atoms with van der Waals surface area (Å²) in [4.78, 5) is 20.0. The van der Waals surface area contributed by atoms with Crippen LogP contribution in [0.5, 0.6) is 0 Å². The van der Waals surface area contributed by atoms with Gasteiger partial charge in [-0.05, 0) is 32.2 Å². The van der Waals surface area contributed by atoms with Crippen molar-refractivity contribution in [2.75, 3.05) is 45.1 Å². The van der Waals surface area contributed by atoms with E-state index in [1.165, 1.54) is 0 Å². The van der Waals surface area contributed by atoms with Crippen LogP contribution >= 0.6 is 0 Å². The van der Waals surface area contributed by atoms with Crippen LogP contribution in [0.1, 0.15) is 6.92 Å². The maximum atomic E-state index is 11.2. The zero-order valence-electron chi connectivity index (χ0n) is 14.1. The molecule has 0 bridgehead atoms. The van der Waals surface area contributed by atoms with Crippen LogP contribution in [-0.2, 0) is 0 Å². The Labute approximate surface area is 141 Å². The van der Waals surface area contributed by atoms with Crippen molar-refractivity contribution in [1.82, 2.24) is 14.8 Å². The number of likely N-dealkylation sites (N-methyl/N-ethyl adjacent to an activating group) is 1. The van der Waals surface area contributed by atoms with Crippen LogP contribution in [0.4, 0.5) is 11.4 Å². The first-order valence-electron chi connectivity index (χ1n) is 8.24. The molecule has 1 unspecified atom stereocenters. The number of pyridine rings is 1. The minimum atomic E-state index is -0.360. The largest absolute Gasteiger partial charge is 0.380 e. The average Bonchev–Trinajstić information content (AvgIpc) is 2.57. The van der Waals surface area contributed by atoms with Gasteiger partial charge in [-0.25, -0.2) is 0 Å². The minimum Gasteiger partial charge on any atom is -0.380 e. The highest BCUT2D eigenvalue weighted by Crippen LogP contribution is 2.30. The van der Waals surface area contributed by atoms with Gasteiger partial charge in [0.05, 0.1) is 16.0 Å². The molecule has 24 heavy (non-hydrogen) atoms. The molecule has 128 valence electrons. The number of rotatable bonds is 5. The number of benzene rings is 1. The second kappa shape index (κ2) is 7.11. The summed E-state index contributed by atoms with van der Waals surface area (Å²) in [5, 5.41) is 15.2. The van der Waals surface area contributed by atoms with Crippen LogP contribution in [0.15, 0.2) is 30.5 Å². The quantitative estimate of drug-likeness (QED) is 0.669. The lowest BCUT2D eigenvalue weighted by atomic mass is 10.1. The maximum absolute atomic E-state index is 11.2. The normalized spacial score (nSPS) is 17.8. The predicted octanol–water partition coefficient (Wildman–Crippen LogP) is 2.19. The van der Waals surface area contributed by atoms with Crippen LogP contribution in [0.25, 0.3) is 10.9 Å². The van der Waals surface area contributed by atoms with E-state index in [0.717, 1.165) is 38.4 Å². The lowest BCUT2D eigenvalue weighted by molar-refractivity contribution is -0.383. The van der Waals surface area contributed by atoms with Gasteiger partial charge in [0.1, 0.15) is 5.52 Å². The first kappa shape index (κ1) is 16.6. The Kier molecular flexibility index (Phi) is 4.92. The molecule has 0 saturated carbocycles. The second-order valence-corrected chi connectivity index (χ2v) is 6.44. The standard InChI is InChI=1S/C17H23N5O2/c1-13(12-21-10-8-20(2)9-11-21)19-15-5-6-16(22(23)24)14-4-3-7-18-17(14)15/h3-7,13,19H,8-12H2,1-2H3. The van der Waals surface area contributed by atoms with E-state index in [1.807, 2.05) is 0 Å². The molecule has 0 aliphatic carbocycles. The van der Waals surface area contributed by atoms with Gasteiger partial charge in [-0.15, -0.1) is 0 Å². The number of aromatic nitrogens is 1. The van der Waals surface area contributed by atoms with Crippen molar-refractivity contribution in [3.63, 3.8) is 0 Å². The van der Waals surface area contributed by atoms with E-state index in [2.05, 4.69) is 34.1 Å². The average molecular weight is 329 g/mol. The Morgan fingerprint density at radius 3 is 2.75 bits per heavy atom. The molecule has 0 radical (unpaired) electrons. The summed E-state index contributed by atoms with van der Waals surface area (Å²) in [6, 6.07) is 7.02. The Morgan fingerprint density at radius 1 is 1.29 bits per heavy atom. The van der Waals surface area contributed by atoms with Crippen LogP contribution in [0.2, 0.25) is 0 Å². The summed E-state index contributed by atoms with van der Waals surface area (Å²) in [6.07, 6.45) is 1.67. The van der Waals surface area contributed by atoms with Gasteiger partial charge in [-0.2, -0.15) is 0 Å². The third kappa shape index (κ3) is 3.63. The van der Waals surface area contributed by atoms with E-state index >= 15 is 0 Å². The lowest BCUT2D eigenvalue weighted by Crippen LogP contribution is -2.47. The third-order valence-corrected chi connectivity index (χ3v) is 4.47. The van der Waals surface area contributed by atoms with Crippen LogP contribution in [0.3, 0.4) is 0 Å². The topological polar surface area (TPSA) is 74.5 Å². The van der Waals surface area contributed by atoms with Gasteiger partial charge in [-0.3, -0.25) is 20.0 Å². The number of anilines is 1. The van der Waals surface area contributed by atoms with Gasteiger partial charge in [0, 0.05) is 51.0 Å². The first-order valence-corrected chi connectivity index (χ1v) is 8.24. The number of non-ortho nitro benzene ring substituents is 1. The number of piperazine rings is 1. The van der Waals surface area contributed by atoms with E-state index in [0.29, 0.717) is 10.9 Å². The first-order chi connectivity index (χ1) is 11.5. The molecule has 1 aliphatic rings. The second-order valence-electron chi connectivity index (χ2n) is 6.44. The Balaban J connectivity index is 1.75. The van der Waals surface area contributed by atoms with Gasteiger partial charge in [0.2, 0.25) is 0 Å². The molecular formula is C17H23N5O2. The number of nitrogens with one attached hydrogen (secondary N) is 1. The van der Waals surface area contributed by atoms with Crippen molar-refractivity contribution in [3.05, 3.63) is 40.6 Å². The highest BCUT2D eigenvalue weighted by Gasteiger charge is 2.18. The summed E-state index contributed by atoms with van der Waals surface area (Å²) in [6.45, 7) is 7.40.